The molecule has 0 radical (unpaired) electrons. The summed E-state index contributed by atoms with van der Waals surface area (Å²) in [6.45, 7) is 6.49. The molecule has 3 nitrogen and oxygen atoms in total. The zero-order valence-corrected chi connectivity index (χ0v) is 16.5. The predicted octanol–water partition coefficient (Wildman–Crippen LogP) is 5.01. The van der Waals surface area contributed by atoms with Gasteiger partial charge in [-0.2, -0.15) is 5.10 Å². The molecule has 0 aliphatic rings. The number of aryl methyl sites for hydroxylation is 1. The highest BCUT2D eigenvalue weighted by Crippen LogP contribution is 2.47. The lowest BCUT2D eigenvalue weighted by Crippen LogP contribution is -2.20. The van der Waals surface area contributed by atoms with Crippen LogP contribution in [0.5, 0.6) is 5.75 Å². The molecule has 1 N–H and O–H groups in total. The van der Waals surface area contributed by atoms with Crippen molar-refractivity contribution in [2.24, 2.45) is 5.10 Å². The quantitative estimate of drug-likeness (QED) is 0.484. The Hall–Kier alpha value is -2.38. The summed E-state index contributed by atoms with van der Waals surface area (Å²) in [5, 5.41) is 16.1. The number of aromatic hydroxyl groups is 1. The van der Waals surface area contributed by atoms with E-state index >= 15 is 0 Å². The molecule has 1 heterocycles. The molecule has 0 saturated heterocycles. The molecular formula is C22H25N2OP. The fourth-order valence-electron chi connectivity index (χ4n) is 2.99. The Bertz CT molecular complexity index is 902. The first kappa shape index (κ1) is 18.4. The maximum Gasteiger partial charge on any atom is 0.119 e. The first-order valence-electron chi connectivity index (χ1n) is 8.86. The van der Waals surface area contributed by atoms with Gasteiger partial charge in [-0.25, -0.2) is 4.68 Å². The molecule has 134 valence electrons. The fraction of sp³-hybridized carbons (Fsp3) is 0.227. The lowest BCUT2D eigenvalue weighted by molar-refractivity contribution is 0.456. The van der Waals surface area contributed by atoms with Crippen molar-refractivity contribution < 1.29 is 5.11 Å². The van der Waals surface area contributed by atoms with Gasteiger partial charge in [-0.15, -0.1) is 0 Å². The highest BCUT2D eigenvalue weighted by atomic mass is 31.1. The molecular weight excluding hydrogens is 339 g/mol. The lowest BCUT2D eigenvalue weighted by atomic mass is 9.95. The molecule has 2 atom stereocenters. The number of phenolic OH excluding ortho intramolecular Hbond substituents is 1. The maximum absolute atomic E-state index is 10.5. The van der Waals surface area contributed by atoms with Gasteiger partial charge in [-0.1, -0.05) is 64.4 Å². The fourth-order valence-corrected chi connectivity index (χ4v) is 4.57. The third-order valence-corrected chi connectivity index (χ3v) is 6.64. The van der Waals surface area contributed by atoms with E-state index in [0.29, 0.717) is 14.3 Å². The molecule has 2 aromatic carbocycles. The molecule has 0 aliphatic carbocycles. The van der Waals surface area contributed by atoms with Crippen molar-refractivity contribution in [2.75, 3.05) is 0 Å². The molecule has 4 heteroatoms. The minimum absolute atomic E-state index is 0.118. The molecule has 0 spiro atoms. The predicted molar refractivity (Wildman–Crippen MR) is 112 cm³/mol. The average molecular weight is 364 g/mol. The van der Waals surface area contributed by atoms with Gasteiger partial charge in [0, 0.05) is 28.7 Å². The topological polar surface area (TPSA) is 37.5 Å². The standard InChI is InChI=1S/C22H25N2OP/c1-4-22(3,19-15-17(2)11-12-20(19)25)26-21-10-6-5-9-18(21)16-23-24-13-7-8-14-24/h5-16,25-26H,4H2,1-3H3/b23-16+. The number of hydrogen-bond donors (Lipinski definition) is 1. The number of hydrogen-bond acceptors (Lipinski definition) is 2. The van der Waals surface area contributed by atoms with E-state index in [-0.39, 0.29) is 5.16 Å². The van der Waals surface area contributed by atoms with Gasteiger partial charge in [-0.05, 0) is 36.8 Å². The zero-order valence-electron chi connectivity index (χ0n) is 15.5. The second-order valence-corrected chi connectivity index (χ2v) is 8.62. The van der Waals surface area contributed by atoms with E-state index in [1.54, 1.807) is 4.68 Å². The Morgan fingerprint density at radius 2 is 1.85 bits per heavy atom. The van der Waals surface area contributed by atoms with E-state index in [9.17, 15) is 5.11 Å². The molecule has 0 amide bonds. The summed E-state index contributed by atoms with van der Waals surface area (Å²) >= 11 is 0. The molecule has 2 unspecified atom stereocenters. The summed E-state index contributed by atoms with van der Waals surface area (Å²) in [5.74, 6) is 0.380. The maximum atomic E-state index is 10.5. The summed E-state index contributed by atoms with van der Waals surface area (Å²) in [6.07, 6.45) is 6.70. The molecule has 0 bridgehead atoms. The minimum atomic E-state index is -0.118. The summed E-state index contributed by atoms with van der Waals surface area (Å²) in [6, 6.07) is 18.2. The molecule has 26 heavy (non-hydrogen) atoms. The lowest BCUT2D eigenvalue weighted by Gasteiger charge is -2.30. The van der Waals surface area contributed by atoms with Crippen LogP contribution in [-0.2, 0) is 5.16 Å². The summed E-state index contributed by atoms with van der Waals surface area (Å²) in [4.78, 5) is 0. The van der Waals surface area contributed by atoms with E-state index in [2.05, 4.69) is 50.1 Å². The molecule has 0 fully saturated rings. The van der Waals surface area contributed by atoms with Crippen LogP contribution in [0.15, 0.2) is 72.1 Å². The van der Waals surface area contributed by atoms with Crippen LogP contribution in [0.2, 0.25) is 0 Å². The Labute approximate surface area is 157 Å². The third-order valence-electron chi connectivity index (χ3n) is 4.74. The van der Waals surface area contributed by atoms with Gasteiger partial charge in [0.1, 0.15) is 5.75 Å². The number of nitrogens with zero attached hydrogens (tertiary/aromatic N) is 2. The summed E-state index contributed by atoms with van der Waals surface area (Å²) in [5.41, 5.74) is 3.31. The van der Waals surface area contributed by atoms with Crippen molar-refractivity contribution in [3.05, 3.63) is 83.7 Å². The molecule has 3 rings (SSSR count). The molecule has 0 saturated carbocycles. The van der Waals surface area contributed by atoms with Gasteiger partial charge in [0.15, 0.2) is 0 Å². The van der Waals surface area contributed by atoms with Crippen LogP contribution >= 0.6 is 8.58 Å². The smallest absolute Gasteiger partial charge is 0.119 e. The highest BCUT2D eigenvalue weighted by molar-refractivity contribution is 7.48. The second-order valence-electron chi connectivity index (χ2n) is 6.73. The first-order valence-corrected chi connectivity index (χ1v) is 9.86. The van der Waals surface area contributed by atoms with Crippen LogP contribution in [-0.4, -0.2) is 16.0 Å². The van der Waals surface area contributed by atoms with Crippen LogP contribution < -0.4 is 5.30 Å². The first-order chi connectivity index (χ1) is 12.5. The van der Waals surface area contributed by atoms with Gasteiger partial charge in [0.2, 0.25) is 0 Å². The number of aromatic nitrogens is 1. The van der Waals surface area contributed by atoms with Crippen LogP contribution in [0, 0.1) is 6.92 Å². The van der Waals surface area contributed by atoms with Gasteiger partial charge in [0.05, 0.1) is 6.21 Å². The van der Waals surface area contributed by atoms with Crippen molar-refractivity contribution >= 4 is 20.1 Å². The van der Waals surface area contributed by atoms with Gasteiger partial charge in [0.25, 0.3) is 0 Å². The van der Waals surface area contributed by atoms with Crippen LogP contribution in [0.1, 0.15) is 37.0 Å². The van der Waals surface area contributed by atoms with Gasteiger partial charge in [-0.3, -0.25) is 0 Å². The van der Waals surface area contributed by atoms with E-state index < -0.39 is 0 Å². The van der Waals surface area contributed by atoms with Crippen LogP contribution in [0.4, 0.5) is 0 Å². The van der Waals surface area contributed by atoms with E-state index in [0.717, 1.165) is 17.5 Å². The van der Waals surface area contributed by atoms with Crippen molar-refractivity contribution in [1.29, 1.82) is 0 Å². The van der Waals surface area contributed by atoms with Crippen molar-refractivity contribution in [3.8, 4) is 5.75 Å². The Balaban J connectivity index is 1.95. The van der Waals surface area contributed by atoms with Crippen molar-refractivity contribution in [3.63, 3.8) is 0 Å². The van der Waals surface area contributed by atoms with Gasteiger partial charge < -0.3 is 5.11 Å². The Morgan fingerprint density at radius 1 is 1.12 bits per heavy atom. The number of rotatable bonds is 6. The Morgan fingerprint density at radius 3 is 2.58 bits per heavy atom. The molecule has 1 aromatic heterocycles. The van der Waals surface area contributed by atoms with E-state index in [1.807, 2.05) is 48.9 Å². The minimum Gasteiger partial charge on any atom is -0.508 e. The Kier molecular flexibility index (Phi) is 5.58. The largest absolute Gasteiger partial charge is 0.508 e. The van der Waals surface area contributed by atoms with E-state index in [1.165, 1.54) is 10.9 Å². The van der Waals surface area contributed by atoms with Crippen LogP contribution in [0.25, 0.3) is 0 Å². The van der Waals surface area contributed by atoms with Crippen LogP contribution in [0.3, 0.4) is 0 Å². The zero-order chi connectivity index (χ0) is 18.6. The third kappa shape index (κ3) is 4.05. The van der Waals surface area contributed by atoms with E-state index in [4.69, 9.17) is 0 Å². The highest BCUT2D eigenvalue weighted by Gasteiger charge is 2.28. The van der Waals surface area contributed by atoms with Crippen molar-refractivity contribution in [2.45, 2.75) is 32.3 Å². The second kappa shape index (κ2) is 7.88. The monoisotopic (exact) mass is 364 g/mol. The summed E-state index contributed by atoms with van der Waals surface area (Å²) < 4.78 is 1.80. The normalized spacial score (nSPS) is 14.3. The SMILES string of the molecule is CCC(C)(Pc1ccccc1/C=N/n1cccc1)c1cc(C)ccc1O. The van der Waals surface area contributed by atoms with Gasteiger partial charge >= 0.3 is 0 Å². The van der Waals surface area contributed by atoms with Crippen molar-refractivity contribution in [1.82, 2.24) is 4.68 Å². The average Bonchev–Trinajstić information content (AvgIpc) is 3.16. The number of phenols is 1. The molecule has 0 aliphatic heterocycles. The summed E-state index contributed by atoms with van der Waals surface area (Å²) in [7, 11) is 0.532. The number of benzene rings is 2. The molecule has 3 aromatic rings.